The quantitative estimate of drug-likeness (QED) is 0.675. The molecule has 0 radical (unpaired) electrons. The van der Waals surface area contributed by atoms with Gasteiger partial charge in [-0.3, -0.25) is 10.5 Å². The second-order valence-corrected chi connectivity index (χ2v) is 6.91. The zero-order valence-corrected chi connectivity index (χ0v) is 15.2. The van der Waals surface area contributed by atoms with Crippen LogP contribution in [0.3, 0.4) is 0 Å². The predicted molar refractivity (Wildman–Crippen MR) is 104 cm³/mol. The predicted octanol–water partition coefficient (Wildman–Crippen LogP) is 4.96. The molecule has 2 heterocycles. The van der Waals surface area contributed by atoms with Crippen molar-refractivity contribution in [3.63, 3.8) is 0 Å². The summed E-state index contributed by atoms with van der Waals surface area (Å²) in [7, 11) is 0. The number of hydrogen-bond acceptors (Lipinski definition) is 4. The highest BCUT2D eigenvalue weighted by atomic mass is 35.5. The number of aromatic nitrogens is 2. The van der Waals surface area contributed by atoms with Crippen LogP contribution in [0.2, 0.25) is 5.02 Å². The molecule has 27 heavy (non-hydrogen) atoms. The number of nitrogens with one attached hydrogen (secondary N) is 2. The molecule has 0 aliphatic carbocycles. The fraction of sp³-hybridized carbons (Fsp3) is 0.190. The Hall–Kier alpha value is -3.10. The van der Waals surface area contributed by atoms with E-state index in [-0.39, 0.29) is 11.8 Å². The SMILES string of the molecule is N#CC1C(=N)Oc2n[nH]c(-c3ccccc3Cl)c2C1CCc1ccccc1. The second-order valence-electron chi connectivity index (χ2n) is 6.50. The van der Waals surface area contributed by atoms with Crippen molar-refractivity contribution in [3.8, 4) is 23.2 Å². The summed E-state index contributed by atoms with van der Waals surface area (Å²) in [5.41, 5.74) is 3.57. The summed E-state index contributed by atoms with van der Waals surface area (Å²) in [4.78, 5) is 0. The first-order valence-corrected chi connectivity index (χ1v) is 9.10. The lowest BCUT2D eigenvalue weighted by atomic mass is 9.80. The van der Waals surface area contributed by atoms with Gasteiger partial charge >= 0.3 is 0 Å². The monoisotopic (exact) mass is 376 g/mol. The summed E-state index contributed by atoms with van der Waals surface area (Å²) in [5, 5.41) is 25.6. The molecule has 2 aromatic carbocycles. The smallest absolute Gasteiger partial charge is 0.243 e. The normalized spacial score (nSPS) is 18.4. The Morgan fingerprint density at radius 2 is 1.89 bits per heavy atom. The molecule has 2 unspecified atom stereocenters. The first-order chi connectivity index (χ1) is 13.2. The van der Waals surface area contributed by atoms with Crippen molar-refractivity contribution in [2.24, 2.45) is 5.92 Å². The number of benzene rings is 2. The van der Waals surface area contributed by atoms with Crippen LogP contribution in [0, 0.1) is 22.7 Å². The van der Waals surface area contributed by atoms with Crippen molar-refractivity contribution in [3.05, 3.63) is 70.7 Å². The van der Waals surface area contributed by atoms with Gasteiger partial charge in [0.25, 0.3) is 0 Å². The molecule has 0 saturated heterocycles. The topological polar surface area (TPSA) is 85.6 Å². The second kappa shape index (κ2) is 7.26. The van der Waals surface area contributed by atoms with Crippen LogP contribution in [-0.2, 0) is 6.42 Å². The van der Waals surface area contributed by atoms with E-state index in [0.717, 1.165) is 23.2 Å². The first-order valence-electron chi connectivity index (χ1n) is 8.72. The molecule has 1 aromatic heterocycles. The molecule has 0 fully saturated rings. The summed E-state index contributed by atoms with van der Waals surface area (Å²) in [5.74, 6) is -0.545. The lowest BCUT2D eigenvalue weighted by Crippen LogP contribution is -2.30. The fourth-order valence-corrected chi connectivity index (χ4v) is 3.80. The maximum absolute atomic E-state index is 9.68. The van der Waals surface area contributed by atoms with Gasteiger partial charge in [0.05, 0.1) is 11.8 Å². The molecule has 1 aliphatic rings. The molecule has 0 amide bonds. The Morgan fingerprint density at radius 1 is 1.15 bits per heavy atom. The molecule has 1 aliphatic heterocycles. The molecule has 2 atom stereocenters. The Bertz CT molecular complexity index is 1020. The molecular formula is C21H17ClN4O. The number of fused-ring (bicyclic) bond motifs is 1. The van der Waals surface area contributed by atoms with E-state index in [2.05, 4.69) is 28.4 Å². The van der Waals surface area contributed by atoms with Crippen LogP contribution in [0.25, 0.3) is 11.3 Å². The van der Waals surface area contributed by atoms with Crippen LogP contribution in [0.15, 0.2) is 54.6 Å². The van der Waals surface area contributed by atoms with Crippen LogP contribution < -0.4 is 4.74 Å². The zero-order chi connectivity index (χ0) is 18.8. The number of ether oxygens (including phenoxy) is 1. The van der Waals surface area contributed by atoms with E-state index in [1.54, 1.807) is 0 Å². The molecule has 3 aromatic rings. The maximum atomic E-state index is 9.68. The van der Waals surface area contributed by atoms with Crippen LogP contribution in [0.5, 0.6) is 5.88 Å². The number of aryl methyl sites for hydroxylation is 1. The summed E-state index contributed by atoms with van der Waals surface area (Å²) in [6.45, 7) is 0. The minimum absolute atomic E-state index is 0.0553. The summed E-state index contributed by atoms with van der Waals surface area (Å²) < 4.78 is 5.53. The molecular weight excluding hydrogens is 360 g/mol. The van der Waals surface area contributed by atoms with Gasteiger partial charge in [0.2, 0.25) is 11.8 Å². The average molecular weight is 377 g/mol. The molecule has 0 saturated carbocycles. The van der Waals surface area contributed by atoms with Gasteiger partial charge in [-0.1, -0.05) is 60.1 Å². The van der Waals surface area contributed by atoms with Gasteiger partial charge in [0.1, 0.15) is 5.92 Å². The van der Waals surface area contributed by atoms with Crippen molar-refractivity contribution in [1.29, 1.82) is 10.7 Å². The molecule has 0 spiro atoms. The Kier molecular flexibility index (Phi) is 4.66. The number of hydrogen-bond donors (Lipinski definition) is 2. The largest absolute Gasteiger partial charge is 0.422 e. The van der Waals surface area contributed by atoms with Crippen molar-refractivity contribution >= 4 is 17.5 Å². The summed E-state index contributed by atoms with van der Waals surface area (Å²) in [6, 6.07) is 19.9. The van der Waals surface area contributed by atoms with E-state index in [0.29, 0.717) is 17.3 Å². The average Bonchev–Trinajstić information content (AvgIpc) is 3.10. The molecule has 6 heteroatoms. The van der Waals surface area contributed by atoms with E-state index in [4.69, 9.17) is 21.7 Å². The maximum Gasteiger partial charge on any atom is 0.243 e. The third-order valence-electron chi connectivity index (χ3n) is 4.90. The van der Waals surface area contributed by atoms with Crippen LogP contribution in [0.4, 0.5) is 0 Å². The highest BCUT2D eigenvalue weighted by molar-refractivity contribution is 6.33. The molecule has 134 valence electrons. The molecule has 5 nitrogen and oxygen atoms in total. The number of halogens is 1. The Labute approximate surface area is 162 Å². The van der Waals surface area contributed by atoms with Gasteiger partial charge in [-0.05, 0) is 24.5 Å². The number of H-pyrrole nitrogens is 1. The van der Waals surface area contributed by atoms with Gasteiger partial charge in [0, 0.05) is 22.1 Å². The van der Waals surface area contributed by atoms with Gasteiger partial charge in [-0.15, -0.1) is 5.10 Å². The highest BCUT2D eigenvalue weighted by Crippen LogP contribution is 2.45. The van der Waals surface area contributed by atoms with Gasteiger partial charge in [-0.2, -0.15) is 5.26 Å². The Balaban J connectivity index is 1.76. The van der Waals surface area contributed by atoms with Crippen LogP contribution >= 0.6 is 11.6 Å². The first kappa shape index (κ1) is 17.3. The van der Waals surface area contributed by atoms with Gasteiger partial charge < -0.3 is 4.74 Å². The minimum atomic E-state index is -0.653. The number of rotatable bonds is 4. The Morgan fingerprint density at radius 3 is 2.63 bits per heavy atom. The summed E-state index contributed by atoms with van der Waals surface area (Å²) in [6.07, 6.45) is 1.50. The zero-order valence-electron chi connectivity index (χ0n) is 14.4. The summed E-state index contributed by atoms with van der Waals surface area (Å²) >= 11 is 6.38. The van der Waals surface area contributed by atoms with E-state index in [9.17, 15) is 5.26 Å². The number of aromatic amines is 1. The minimum Gasteiger partial charge on any atom is -0.422 e. The van der Waals surface area contributed by atoms with Crippen molar-refractivity contribution < 1.29 is 4.74 Å². The third-order valence-corrected chi connectivity index (χ3v) is 5.23. The third kappa shape index (κ3) is 3.20. The lowest BCUT2D eigenvalue weighted by molar-refractivity contribution is 0.407. The highest BCUT2D eigenvalue weighted by Gasteiger charge is 2.39. The fourth-order valence-electron chi connectivity index (χ4n) is 3.57. The molecule has 2 N–H and O–H groups in total. The van der Waals surface area contributed by atoms with Crippen molar-refractivity contribution in [2.45, 2.75) is 18.8 Å². The standard InChI is InChI=1S/C21H17ClN4O/c22-17-9-5-4-8-15(17)19-18-14(11-10-13-6-2-1-3-7-13)16(12-23)20(24)27-21(18)26-25-19/h1-9,14,16,24H,10-11H2,(H,25,26). The van der Waals surface area contributed by atoms with E-state index >= 15 is 0 Å². The number of nitrogens with zero attached hydrogens (tertiary/aromatic N) is 2. The van der Waals surface area contributed by atoms with Gasteiger partial charge in [0.15, 0.2) is 0 Å². The lowest BCUT2D eigenvalue weighted by Gasteiger charge is -2.28. The van der Waals surface area contributed by atoms with Crippen molar-refractivity contribution in [1.82, 2.24) is 10.2 Å². The van der Waals surface area contributed by atoms with E-state index in [1.165, 1.54) is 5.56 Å². The van der Waals surface area contributed by atoms with Crippen molar-refractivity contribution in [2.75, 3.05) is 0 Å². The molecule has 4 rings (SSSR count). The van der Waals surface area contributed by atoms with Crippen LogP contribution in [0.1, 0.15) is 23.5 Å². The van der Waals surface area contributed by atoms with Crippen LogP contribution in [-0.4, -0.2) is 16.1 Å². The molecule has 0 bridgehead atoms. The van der Waals surface area contributed by atoms with E-state index in [1.807, 2.05) is 42.5 Å². The number of nitriles is 1. The van der Waals surface area contributed by atoms with Gasteiger partial charge in [-0.25, -0.2) is 0 Å². The van der Waals surface area contributed by atoms with E-state index < -0.39 is 5.92 Å².